The normalized spacial score (nSPS) is 11.9. The highest BCUT2D eigenvalue weighted by molar-refractivity contribution is 5.71. The fourth-order valence-corrected chi connectivity index (χ4v) is 8.04. The van der Waals surface area contributed by atoms with Gasteiger partial charge in [-0.15, -0.1) is 0 Å². The Kier molecular flexibility index (Phi) is 46.2. The van der Waals surface area contributed by atoms with Gasteiger partial charge in [-0.05, 0) is 25.2 Å². The lowest BCUT2D eigenvalue weighted by Gasteiger charge is -2.18. The van der Waals surface area contributed by atoms with Gasteiger partial charge in [-0.3, -0.25) is 14.4 Å². The maximum absolute atomic E-state index is 12.8. The lowest BCUT2D eigenvalue weighted by atomic mass is 10.0. The van der Waals surface area contributed by atoms with Crippen LogP contribution in [-0.4, -0.2) is 37.2 Å². The Morgan fingerprint density at radius 2 is 0.559 bits per heavy atom. The molecule has 0 aromatic heterocycles. The van der Waals surface area contributed by atoms with Gasteiger partial charge >= 0.3 is 17.9 Å². The second kappa shape index (κ2) is 47.5. The van der Waals surface area contributed by atoms with Crippen molar-refractivity contribution in [1.29, 1.82) is 0 Å². The van der Waals surface area contributed by atoms with Gasteiger partial charge in [0.25, 0.3) is 0 Å². The predicted octanol–water partition coefficient (Wildman–Crippen LogP) is 17.1. The SMILES string of the molecule is CCCCCCCCCCCCCCCCC(=O)OC[C@@H](COC(=O)CCCCCCCCCCCCC)OC(=O)CCCCCCCCCCCCCCCC(C)C. The fraction of sp³-hybridized carbons (Fsp3) is 0.943. The Morgan fingerprint density at radius 1 is 0.322 bits per heavy atom. The second-order valence-electron chi connectivity index (χ2n) is 18.6. The van der Waals surface area contributed by atoms with E-state index < -0.39 is 6.10 Å². The summed E-state index contributed by atoms with van der Waals surface area (Å²) < 4.78 is 16.8. The Labute approximate surface area is 368 Å². The summed E-state index contributed by atoms with van der Waals surface area (Å²) in [6.45, 7) is 9.03. The van der Waals surface area contributed by atoms with E-state index in [1.807, 2.05) is 0 Å². The molecule has 59 heavy (non-hydrogen) atoms. The Hall–Kier alpha value is -1.59. The first kappa shape index (κ1) is 57.4. The summed E-state index contributed by atoms with van der Waals surface area (Å²) in [6.07, 6.45) is 49.4. The van der Waals surface area contributed by atoms with Crippen LogP contribution in [0.2, 0.25) is 0 Å². The van der Waals surface area contributed by atoms with Crippen LogP contribution in [-0.2, 0) is 28.6 Å². The van der Waals surface area contributed by atoms with Crippen molar-refractivity contribution in [3.8, 4) is 0 Å². The third-order valence-corrected chi connectivity index (χ3v) is 12.0. The van der Waals surface area contributed by atoms with Crippen LogP contribution in [0.3, 0.4) is 0 Å². The predicted molar refractivity (Wildman–Crippen MR) is 252 cm³/mol. The molecule has 0 heterocycles. The van der Waals surface area contributed by atoms with E-state index in [0.29, 0.717) is 19.3 Å². The van der Waals surface area contributed by atoms with Gasteiger partial charge in [0.15, 0.2) is 6.10 Å². The summed E-state index contributed by atoms with van der Waals surface area (Å²) in [5, 5.41) is 0. The van der Waals surface area contributed by atoms with Crippen molar-refractivity contribution in [3.05, 3.63) is 0 Å². The van der Waals surface area contributed by atoms with Crippen molar-refractivity contribution in [2.75, 3.05) is 13.2 Å². The molecular formula is C53H102O6. The van der Waals surface area contributed by atoms with Crippen molar-refractivity contribution in [2.24, 2.45) is 5.92 Å². The van der Waals surface area contributed by atoms with E-state index in [2.05, 4.69) is 27.7 Å². The highest BCUT2D eigenvalue weighted by Crippen LogP contribution is 2.17. The smallest absolute Gasteiger partial charge is 0.306 e. The van der Waals surface area contributed by atoms with E-state index >= 15 is 0 Å². The number of rotatable bonds is 48. The molecule has 1 atom stereocenters. The van der Waals surface area contributed by atoms with Crippen LogP contribution < -0.4 is 0 Å². The molecule has 0 aromatic rings. The first-order valence-electron chi connectivity index (χ1n) is 26.4. The number of carbonyl (C=O) groups is 3. The average molecular weight is 835 g/mol. The van der Waals surface area contributed by atoms with Crippen LogP contribution in [0.1, 0.15) is 297 Å². The molecule has 0 aromatic carbocycles. The van der Waals surface area contributed by atoms with Gasteiger partial charge in [-0.2, -0.15) is 0 Å². The first-order valence-corrected chi connectivity index (χ1v) is 26.4. The summed E-state index contributed by atoms with van der Waals surface area (Å²) >= 11 is 0. The molecule has 0 spiro atoms. The fourth-order valence-electron chi connectivity index (χ4n) is 8.04. The van der Waals surface area contributed by atoms with Gasteiger partial charge in [0, 0.05) is 19.3 Å². The zero-order valence-electron chi connectivity index (χ0n) is 40.2. The minimum absolute atomic E-state index is 0.0625. The number of unbranched alkanes of at least 4 members (excludes halogenated alkanes) is 35. The van der Waals surface area contributed by atoms with Crippen molar-refractivity contribution < 1.29 is 28.6 Å². The molecule has 350 valence electrons. The highest BCUT2D eigenvalue weighted by atomic mass is 16.6. The summed E-state index contributed by atoms with van der Waals surface area (Å²) in [4.78, 5) is 37.9. The maximum Gasteiger partial charge on any atom is 0.306 e. The standard InChI is InChI=1S/C53H102O6/c1-5-7-9-11-13-15-17-18-21-25-29-33-37-41-45-52(55)58-48-50(47-57-51(54)44-40-36-32-28-23-16-14-12-10-8-6-2)59-53(56)46-42-38-34-30-26-22-19-20-24-27-31-35-39-43-49(3)4/h49-50H,5-48H2,1-4H3/t50-/m1/s1. The van der Waals surface area contributed by atoms with E-state index in [-0.39, 0.29) is 31.1 Å². The van der Waals surface area contributed by atoms with E-state index in [1.54, 1.807) is 0 Å². The van der Waals surface area contributed by atoms with Gasteiger partial charge < -0.3 is 14.2 Å². The van der Waals surface area contributed by atoms with E-state index in [0.717, 1.165) is 63.7 Å². The number of hydrogen-bond acceptors (Lipinski definition) is 6. The molecular weight excluding hydrogens is 733 g/mol. The monoisotopic (exact) mass is 835 g/mol. The molecule has 6 heteroatoms. The molecule has 0 fully saturated rings. The van der Waals surface area contributed by atoms with Crippen molar-refractivity contribution in [2.45, 2.75) is 303 Å². The maximum atomic E-state index is 12.8. The molecule has 0 unspecified atom stereocenters. The summed E-state index contributed by atoms with van der Waals surface area (Å²) in [6, 6.07) is 0. The average Bonchev–Trinajstić information content (AvgIpc) is 3.22. The van der Waals surface area contributed by atoms with Gasteiger partial charge in [0.05, 0.1) is 0 Å². The Balaban J connectivity index is 4.30. The van der Waals surface area contributed by atoms with Gasteiger partial charge in [-0.1, -0.05) is 259 Å². The Morgan fingerprint density at radius 3 is 0.831 bits per heavy atom. The lowest BCUT2D eigenvalue weighted by Crippen LogP contribution is -2.30. The molecule has 0 N–H and O–H groups in total. The van der Waals surface area contributed by atoms with E-state index in [4.69, 9.17) is 14.2 Å². The molecule has 0 aliphatic carbocycles. The zero-order chi connectivity index (χ0) is 43.1. The quantitative estimate of drug-likeness (QED) is 0.0345. The summed E-state index contributed by atoms with van der Waals surface area (Å²) in [5.74, 6) is -0.00456. The van der Waals surface area contributed by atoms with Crippen LogP contribution in [0.4, 0.5) is 0 Å². The topological polar surface area (TPSA) is 78.9 Å². The van der Waals surface area contributed by atoms with Crippen molar-refractivity contribution in [3.63, 3.8) is 0 Å². The molecule has 0 saturated heterocycles. The van der Waals surface area contributed by atoms with Crippen LogP contribution >= 0.6 is 0 Å². The van der Waals surface area contributed by atoms with E-state index in [1.165, 1.54) is 193 Å². The Bertz CT molecular complexity index is 887. The molecule has 0 bridgehead atoms. The molecule has 0 radical (unpaired) electrons. The van der Waals surface area contributed by atoms with Crippen LogP contribution in [0, 0.1) is 5.92 Å². The van der Waals surface area contributed by atoms with Crippen LogP contribution in [0.25, 0.3) is 0 Å². The number of carbonyl (C=O) groups excluding carboxylic acids is 3. The number of ether oxygens (including phenoxy) is 3. The molecule has 0 saturated carbocycles. The lowest BCUT2D eigenvalue weighted by molar-refractivity contribution is -0.167. The van der Waals surface area contributed by atoms with Gasteiger partial charge in [0.1, 0.15) is 13.2 Å². The minimum Gasteiger partial charge on any atom is -0.462 e. The summed E-state index contributed by atoms with van der Waals surface area (Å²) in [7, 11) is 0. The number of hydrogen-bond donors (Lipinski definition) is 0. The minimum atomic E-state index is -0.760. The van der Waals surface area contributed by atoms with Crippen LogP contribution in [0.5, 0.6) is 0 Å². The first-order chi connectivity index (χ1) is 28.9. The van der Waals surface area contributed by atoms with Crippen molar-refractivity contribution in [1.82, 2.24) is 0 Å². The molecule has 0 amide bonds. The summed E-state index contributed by atoms with van der Waals surface area (Å²) in [5.41, 5.74) is 0. The largest absolute Gasteiger partial charge is 0.462 e. The third-order valence-electron chi connectivity index (χ3n) is 12.0. The molecule has 0 aliphatic rings. The van der Waals surface area contributed by atoms with E-state index in [9.17, 15) is 14.4 Å². The molecule has 0 rings (SSSR count). The third kappa shape index (κ3) is 47.3. The van der Waals surface area contributed by atoms with Gasteiger partial charge in [0.2, 0.25) is 0 Å². The highest BCUT2D eigenvalue weighted by Gasteiger charge is 2.19. The van der Waals surface area contributed by atoms with Gasteiger partial charge in [-0.25, -0.2) is 0 Å². The van der Waals surface area contributed by atoms with Crippen molar-refractivity contribution >= 4 is 17.9 Å². The second-order valence-corrected chi connectivity index (χ2v) is 18.6. The number of esters is 3. The van der Waals surface area contributed by atoms with Crippen LogP contribution in [0.15, 0.2) is 0 Å². The molecule has 0 aliphatic heterocycles. The zero-order valence-corrected chi connectivity index (χ0v) is 40.2. The molecule has 6 nitrogen and oxygen atoms in total.